The van der Waals surface area contributed by atoms with Crippen LogP contribution in [-0.4, -0.2) is 17.3 Å². The van der Waals surface area contributed by atoms with Crippen LogP contribution in [-0.2, 0) is 12.6 Å². The van der Waals surface area contributed by atoms with Gasteiger partial charge in [-0.2, -0.15) is 13.2 Å². The maximum Gasteiger partial charge on any atom is 0.416 e. The Hall–Kier alpha value is -1.23. The van der Waals surface area contributed by atoms with E-state index >= 15 is 0 Å². The molecule has 1 aliphatic heterocycles. The van der Waals surface area contributed by atoms with Crippen LogP contribution in [0, 0.1) is 0 Å². The Kier molecular flexibility index (Phi) is 2.81. The zero-order valence-electron chi connectivity index (χ0n) is 9.43. The van der Waals surface area contributed by atoms with Gasteiger partial charge in [0.05, 0.1) is 17.7 Å². The monoisotopic (exact) mass is 245 g/mol. The highest BCUT2D eigenvalue weighted by molar-refractivity contribution is 5.60. The quantitative estimate of drug-likeness (QED) is 0.839. The van der Waals surface area contributed by atoms with Crippen molar-refractivity contribution in [3.8, 4) is 0 Å². The molecule has 2 N–H and O–H groups in total. The van der Waals surface area contributed by atoms with E-state index < -0.39 is 17.3 Å². The third-order valence-electron chi connectivity index (χ3n) is 3.35. The predicted molar refractivity (Wildman–Crippen MR) is 58.9 cm³/mol. The summed E-state index contributed by atoms with van der Waals surface area (Å²) in [6.45, 7) is 1.82. The van der Waals surface area contributed by atoms with E-state index in [1.807, 2.05) is 6.92 Å². The number of hydrogen-bond acceptors (Lipinski definition) is 2. The molecule has 0 amide bonds. The Labute approximate surface area is 97.5 Å². The molecule has 17 heavy (non-hydrogen) atoms. The van der Waals surface area contributed by atoms with E-state index in [1.54, 1.807) is 0 Å². The second-order valence-corrected chi connectivity index (χ2v) is 4.46. The predicted octanol–water partition coefficient (Wildman–Crippen LogP) is 2.81. The topological polar surface area (TPSA) is 32.3 Å². The van der Waals surface area contributed by atoms with Crippen molar-refractivity contribution in [1.29, 1.82) is 0 Å². The fraction of sp³-hybridized carbons (Fsp3) is 0.500. The Morgan fingerprint density at radius 1 is 1.41 bits per heavy atom. The number of anilines is 1. The molecule has 5 heteroatoms. The van der Waals surface area contributed by atoms with E-state index in [0.29, 0.717) is 18.5 Å². The van der Waals surface area contributed by atoms with Crippen molar-refractivity contribution in [2.75, 3.05) is 11.9 Å². The van der Waals surface area contributed by atoms with Gasteiger partial charge in [0.15, 0.2) is 0 Å². The number of aliphatic hydroxyl groups is 1. The van der Waals surface area contributed by atoms with E-state index in [4.69, 9.17) is 0 Å². The first-order valence-electron chi connectivity index (χ1n) is 5.49. The van der Waals surface area contributed by atoms with Gasteiger partial charge in [-0.1, -0.05) is 13.0 Å². The molecule has 1 unspecified atom stereocenters. The number of hydrogen-bond donors (Lipinski definition) is 2. The zero-order valence-corrected chi connectivity index (χ0v) is 9.43. The van der Waals surface area contributed by atoms with Crippen molar-refractivity contribution in [3.05, 3.63) is 29.3 Å². The Morgan fingerprint density at radius 2 is 2.12 bits per heavy atom. The standard InChI is InChI=1S/C12H14F3NO/c1-2-11(7-17)6-8-3-4-9(12(13,14)15)5-10(8)16-11/h3-5,16-17H,2,6-7H2,1H3. The summed E-state index contributed by atoms with van der Waals surface area (Å²) in [5, 5.41) is 12.3. The Morgan fingerprint density at radius 3 is 2.65 bits per heavy atom. The van der Waals surface area contributed by atoms with Crippen molar-refractivity contribution in [3.63, 3.8) is 0 Å². The second kappa shape index (κ2) is 3.91. The summed E-state index contributed by atoms with van der Waals surface area (Å²) in [6, 6.07) is 3.68. The summed E-state index contributed by atoms with van der Waals surface area (Å²) in [7, 11) is 0. The van der Waals surface area contributed by atoms with Gasteiger partial charge in [0.2, 0.25) is 0 Å². The minimum Gasteiger partial charge on any atom is -0.394 e. The van der Waals surface area contributed by atoms with Gasteiger partial charge in [0.1, 0.15) is 0 Å². The maximum atomic E-state index is 12.5. The average Bonchev–Trinajstić information content (AvgIpc) is 2.66. The van der Waals surface area contributed by atoms with Crippen LogP contribution < -0.4 is 5.32 Å². The van der Waals surface area contributed by atoms with Crippen molar-refractivity contribution in [1.82, 2.24) is 0 Å². The van der Waals surface area contributed by atoms with E-state index in [-0.39, 0.29) is 6.61 Å². The van der Waals surface area contributed by atoms with Crippen LogP contribution >= 0.6 is 0 Å². The first-order valence-corrected chi connectivity index (χ1v) is 5.49. The lowest BCUT2D eigenvalue weighted by Crippen LogP contribution is -2.39. The van der Waals surface area contributed by atoms with E-state index in [2.05, 4.69) is 5.32 Å². The fourth-order valence-corrected chi connectivity index (χ4v) is 2.14. The number of rotatable bonds is 2. The minimum atomic E-state index is -4.33. The number of alkyl halides is 3. The molecule has 0 aromatic heterocycles. The molecule has 0 saturated heterocycles. The van der Waals surface area contributed by atoms with Crippen molar-refractivity contribution < 1.29 is 18.3 Å². The summed E-state index contributed by atoms with van der Waals surface area (Å²) in [6.07, 6.45) is -3.10. The van der Waals surface area contributed by atoms with Crippen LogP contribution in [0.15, 0.2) is 18.2 Å². The molecule has 2 nitrogen and oxygen atoms in total. The van der Waals surface area contributed by atoms with Crippen LogP contribution in [0.2, 0.25) is 0 Å². The lowest BCUT2D eigenvalue weighted by molar-refractivity contribution is -0.137. The highest BCUT2D eigenvalue weighted by Crippen LogP contribution is 2.38. The number of halogens is 3. The van der Waals surface area contributed by atoms with E-state index in [0.717, 1.165) is 17.7 Å². The average molecular weight is 245 g/mol. The molecule has 1 heterocycles. The van der Waals surface area contributed by atoms with Gasteiger partial charge in [-0.25, -0.2) is 0 Å². The van der Waals surface area contributed by atoms with Gasteiger partial charge >= 0.3 is 6.18 Å². The normalized spacial score (nSPS) is 23.4. The van der Waals surface area contributed by atoms with Gasteiger partial charge in [-0.15, -0.1) is 0 Å². The van der Waals surface area contributed by atoms with E-state index in [1.165, 1.54) is 6.07 Å². The Balaban J connectivity index is 2.34. The first-order chi connectivity index (χ1) is 7.90. The second-order valence-electron chi connectivity index (χ2n) is 4.46. The summed E-state index contributed by atoms with van der Waals surface area (Å²) >= 11 is 0. The SMILES string of the molecule is CCC1(CO)Cc2ccc(C(F)(F)F)cc2N1. The minimum absolute atomic E-state index is 0.0838. The van der Waals surface area contributed by atoms with Gasteiger partial charge in [-0.3, -0.25) is 0 Å². The van der Waals surface area contributed by atoms with Crippen LogP contribution in [0.25, 0.3) is 0 Å². The van der Waals surface area contributed by atoms with Crippen LogP contribution in [0.3, 0.4) is 0 Å². The molecule has 1 aromatic rings. The van der Waals surface area contributed by atoms with Gasteiger partial charge in [-0.05, 0) is 30.5 Å². The first kappa shape index (κ1) is 12.2. The van der Waals surface area contributed by atoms with Crippen LogP contribution in [0.4, 0.5) is 18.9 Å². The third kappa shape index (κ3) is 2.11. The Bertz CT molecular complexity index is 424. The molecule has 0 bridgehead atoms. The van der Waals surface area contributed by atoms with Crippen LogP contribution in [0.5, 0.6) is 0 Å². The molecule has 2 rings (SSSR count). The van der Waals surface area contributed by atoms with Gasteiger partial charge in [0.25, 0.3) is 0 Å². The highest BCUT2D eigenvalue weighted by atomic mass is 19.4. The number of benzene rings is 1. The number of fused-ring (bicyclic) bond motifs is 1. The molecule has 1 aromatic carbocycles. The number of nitrogens with one attached hydrogen (secondary N) is 1. The van der Waals surface area contributed by atoms with Crippen LogP contribution in [0.1, 0.15) is 24.5 Å². The smallest absolute Gasteiger partial charge is 0.394 e. The third-order valence-corrected chi connectivity index (χ3v) is 3.35. The zero-order chi connectivity index (χ0) is 12.7. The molecule has 0 aliphatic carbocycles. The molecule has 0 saturated carbocycles. The van der Waals surface area contributed by atoms with Gasteiger partial charge < -0.3 is 10.4 Å². The lowest BCUT2D eigenvalue weighted by atomic mass is 9.93. The molecular formula is C12H14F3NO. The van der Waals surface area contributed by atoms with Gasteiger partial charge in [0, 0.05) is 5.69 Å². The lowest BCUT2D eigenvalue weighted by Gasteiger charge is -2.26. The molecular weight excluding hydrogens is 231 g/mol. The molecule has 0 spiro atoms. The summed E-state index contributed by atoms with van der Waals surface area (Å²) < 4.78 is 37.6. The number of aliphatic hydroxyl groups excluding tert-OH is 1. The molecule has 0 fully saturated rings. The van der Waals surface area contributed by atoms with E-state index in [9.17, 15) is 18.3 Å². The molecule has 1 atom stereocenters. The van der Waals surface area contributed by atoms with Crippen molar-refractivity contribution in [2.45, 2.75) is 31.5 Å². The molecule has 94 valence electrons. The molecule has 0 radical (unpaired) electrons. The largest absolute Gasteiger partial charge is 0.416 e. The fourth-order valence-electron chi connectivity index (χ4n) is 2.14. The summed E-state index contributed by atoms with van der Waals surface area (Å²) in [5.74, 6) is 0. The van der Waals surface area contributed by atoms with Crippen molar-refractivity contribution >= 4 is 5.69 Å². The summed E-state index contributed by atoms with van der Waals surface area (Å²) in [4.78, 5) is 0. The highest BCUT2D eigenvalue weighted by Gasteiger charge is 2.37. The maximum absolute atomic E-state index is 12.5. The molecule has 1 aliphatic rings. The van der Waals surface area contributed by atoms with Crippen molar-refractivity contribution in [2.24, 2.45) is 0 Å². The summed E-state index contributed by atoms with van der Waals surface area (Å²) in [5.41, 5.74) is 0.144.